The Bertz CT molecular complexity index is 1160. The lowest BCUT2D eigenvalue weighted by molar-refractivity contribution is -0.116. The summed E-state index contributed by atoms with van der Waals surface area (Å²) < 4.78 is 26.1. The minimum Gasteiger partial charge on any atom is -0.326 e. The van der Waals surface area contributed by atoms with Crippen LogP contribution in [0.15, 0.2) is 67.0 Å². The monoisotopic (exact) mass is 451 g/mol. The summed E-state index contributed by atoms with van der Waals surface area (Å²) in [6, 6.07) is 17.4. The van der Waals surface area contributed by atoms with Crippen LogP contribution in [0.2, 0.25) is 0 Å². The largest absolute Gasteiger partial charge is 0.326 e. The molecule has 0 radical (unpaired) electrons. The molecule has 1 aromatic heterocycles. The van der Waals surface area contributed by atoms with Crippen LogP contribution in [0.25, 0.3) is 0 Å². The molecule has 1 N–H and O–H groups in total. The van der Waals surface area contributed by atoms with Gasteiger partial charge in [0.1, 0.15) is 0 Å². The van der Waals surface area contributed by atoms with E-state index in [0.717, 1.165) is 28.8 Å². The van der Waals surface area contributed by atoms with Crippen LogP contribution in [-0.4, -0.2) is 32.1 Å². The standard InChI is InChI=1S/C25H29N3O3S/c1-19-6-7-20(2)24(17-19)28(32(3,30)31)16-4-5-25(29)27-23-10-8-21(9-11-23)18-22-12-14-26-15-13-22/h6-15,17H,4-5,16,18H2,1-3H3,(H,27,29). The highest BCUT2D eigenvalue weighted by Gasteiger charge is 2.19. The number of benzene rings is 2. The lowest BCUT2D eigenvalue weighted by atomic mass is 10.1. The first-order chi connectivity index (χ1) is 15.2. The minimum absolute atomic E-state index is 0.138. The number of rotatable bonds is 9. The summed E-state index contributed by atoms with van der Waals surface area (Å²) in [4.78, 5) is 16.4. The van der Waals surface area contributed by atoms with Crippen LogP contribution in [0.5, 0.6) is 0 Å². The molecule has 3 aromatic rings. The van der Waals surface area contributed by atoms with Crippen molar-refractivity contribution in [3.8, 4) is 0 Å². The Morgan fingerprint density at radius 1 is 0.969 bits per heavy atom. The van der Waals surface area contributed by atoms with Crippen LogP contribution in [0.3, 0.4) is 0 Å². The molecule has 0 spiro atoms. The first-order valence-corrected chi connectivity index (χ1v) is 12.4. The number of hydrogen-bond donors (Lipinski definition) is 1. The van der Waals surface area contributed by atoms with Gasteiger partial charge in [-0.1, -0.05) is 24.3 Å². The van der Waals surface area contributed by atoms with Crippen molar-refractivity contribution in [2.75, 3.05) is 22.4 Å². The number of hydrogen-bond acceptors (Lipinski definition) is 4. The molecule has 6 nitrogen and oxygen atoms in total. The zero-order valence-corrected chi connectivity index (χ0v) is 19.5. The van der Waals surface area contributed by atoms with E-state index in [1.165, 1.54) is 16.1 Å². The van der Waals surface area contributed by atoms with E-state index in [4.69, 9.17) is 0 Å². The fourth-order valence-corrected chi connectivity index (χ4v) is 4.52. The van der Waals surface area contributed by atoms with Crippen molar-refractivity contribution in [2.24, 2.45) is 0 Å². The number of pyridine rings is 1. The van der Waals surface area contributed by atoms with Gasteiger partial charge in [0.15, 0.2) is 0 Å². The van der Waals surface area contributed by atoms with Crippen LogP contribution in [0.1, 0.15) is 35.1 Å². The van der Waals surface area contributed by atoms with Crippen LogP contribution >= 0.6 is 0 Å². The van der Waals surface area contributed by atoms with Crippen molar-refractivity contribution in [2.45, 2.75) is 33.1 Å². The minimum atomic E-state index is -3.45. The number of sulfonamides is 1. The summed E-state index contributed by atoms with van der Waals surface area (Å²) in [6.07, 6.45) is 6.20. The zero-order chi connectivity index (χ0) is 23.1. The number of amides is 1. The van der Waals surface area contributed by atoms with Gasteiger partial charge >= 0.3 is 0 Å². The smallest absolute Gasteiger partial charge is 0.232 e. The average molecular weight is 452 g/mol. The molecule has 32 heavy (non-hydrogen) atoms. The second-order valence-corrected chi connectivity index (χ2v) is 9.91. The Labute approximate surface area is 190 Å². The van der Waals surface area contributed by atoms with Gasteiger partial charge in [0.2, 0.25) is 15.9 Å². The molecule has 168 valence electrons. The molecule has 1 amide bonds. The van der Waals surface area contributed by atoms with Crippen molar-refractivity contribution in [1.82, 2.24) is 4.98 Å². The van der Waals surface area contributed by atoms with Gasteiger partial charge in [-0.3, -0.25) is 14.1 Å². The normalized spacial score (nSPS) is 11.2. The van der Waals surface area contributed by atoms with E-state index in [0.29, 0.717) is 12.1 Å². The van der Waals surface area contributed by atoms with Gasteiger partial charge in [-0.2, -0.15) is 0 Å². The number of nitrogens with zero attached hydrogens (tertiary/aromatic N) is 2. The summed E-state index contributed by atoms with van der Waals surface area (Å²) in [7, 11) is -3.45. The Balaban J connectivity index is 1.55. The third-order valence-electron chi connectivity index (χ3n) is 5.19. The van der Waals surface area contributed by atoms with Crippen LogP contribution in [-0.2, 0) is 21.2 Å². The molecule has 0 aliphatic rings. The molecular weight excluding hydrogens is 422 g/mol. The van der Waals surface area contributed by atoms with Crippen LogP contribution in [0, 0.1) is 13.8 Å². The van der Waals surface area contributed by atoms with Gasteiger partial charge in [0.25, 0.3) is 0 Å². The van der Waals surface area contributed by atoms with E-state index in [9.17, 15) is 13.2 Å². The first-order valence-electron chi connectivity index (χ1n) is 10.5. The third-order valence-corrected chi connectivity index (χ3v) is 6.37. The van der Waals surface area contributed by atoms with Crippen molar-refractivity contribution in [3.63, 3.8) is 0 Å². The lowest BCUT2D eigenvalue weighted by Crippen LogP contribution is -2.32. The van der Waals surface area contributed by atoms with E-state index in [-0.39, 0.29) is 18.9 Å². The number of carbonyl (C=O) groups is 1. The van der Waals surface area contributed by atoms with E-state index in [2.05, 4.69) is 10.3 Å². The highest BCUT2D eigenvalue weighted by molar-refractivity contribution is 7.92. The third kappa shape index (κ3) is 6.65. The van der Waals surface area contributed by atoms with Crippen molar-refractivity contribution in [1.29, 1.82) is 0 Å². The Kier molecular flexibility index (Phi) is 7.64. The molecule has 2 aromatic carbocycles. The lowest BCUT2D eigenvalue weighted by Gasteiger charge is -2.24. The second-order valence-electron chi connectivity index (χ2n) is 8.01. The van der Waals surface area contributed by atoms with E-state index in [1.807, 2.05) is 68.4 Å². The predicted octanol–water partition coefficient (Wildman–Crippen LogP) is 4.47. The summed E-state index contributed by atoms with van der Waals surface area (Å²) in [5, 5.41) is 2.89. The number of aryl methyl sites for hydroxylation is 2. The maximum atomic E-state index is 12.4. The Morgan fingerprint density at radius 2 is 1.62 bits per heavy atom. The Morgan fingerprint density at radius 3 is 2.28 bits per heavy atom. The number of anilines is 2. The van der Waals surface area contributed by atoms with Gasteiger partial charge in [-0.05, 0) is 79.3 Å². The maximum Gasteiger partial charge on any atom is 0.232 e. The molecule has 0 unspecified atom stereocenters. The predicted molar refractivity (Wildman–Crippen MR) is 129 cm³/mol. The van der Waals surface area contributed by atoms with Gasteiger partial charge in [-0.15, -0.1) is 0 Å². The van der Waals surface area contributed by atoms with Crippen LogP contribution < -0.4 is 9.62 Å². The molecule has 3 rings (SSSR count). The summed E-state index contributed by atoms with van der Waals surface area (Å²) >= 11 is 0. The number of aromatic nitrogens is 1. The van der Waals surface area contributed by atoms with Crippen molar-refractivity contribution in [3.05, 3.63) is 89.2 Å². The Hall–Kier alpha value is -3.19. The SMILES string of the molecule is Cc1ccc(C)c(N(CCCC(=O)Nc2ccc(Cc3ccncc3)cc2)S(C)(=O)=O)c1. The van der Waals surface area contributed by atoms with Gasteiger partial charge in [-0.25, -0.2) is 8.42 Å². The van der Waals surface area contributed by atoms with E-state index >= 15 is 0 Å². The zero-order valence-electron chi connectivity index (χ0n) is 18.7. The molecule has 0 fully saturated rings. The highest BCUT2D eigenvalue weighted by Crippen LogP contribution is 2.24. The summed E-state index contributed by atoms with van der Waals surface area (Å²) in [6.45, 7) is 4.07. The van der Waals surface area contributed by atoms with Gasteiger partial charge in [0.05, 0.1) is 11.9 Å². The van der Waals surface area contributed by atoms with Gasteiger partial charge < -0.3 is 5.32 Å². The molecule has 1 heterocycles. The fraction of sp³-hybridized carbons (Fsp3) is 0.280. The van der Waals surface area contributed by atoms with Crippen molar-refractivity contribution < 1.29 is 13.2 Å². The summed E-state index contributed by atoms with van der Waals surface area (Å²) in [5.41, 5.74) is 5.59. The quantitative estimate of drug-likeness (QED) is 0.520. The number of nitrogens with one attached hydrogen (secondary N) is 1. The molecule has 0 saturated carbocycles. The molecule has 0 aliphatic heterocycles. The first kappa shape index (κ1) is 23.5. The van der Waals surface area contributed by atoms with Crippen LogP contribution in [0.4, 0.5) is 11.4 Å². The average Bonchev–Trinajstić information content (AvgIpc) is 2.74. The van der Waals surface area contributed by atoms with Gasteiger partial charge in [0, 0.05) is 31.0 Å². The van der Waals surface area contributed by atoms with E-state index in [1.54, 1.807) is 12.4 Å². The topological polar surface area (TPSA) is 79.4 Å². The molecule has 0 aliphatic carbocycles. The highest BCUT2D eigenvalue weighted by atomic mass is 32.2. The van der Waals surface area contributed by atoms with E-state index < -0.39 is 10.0 Å². The second kappa shape index (κ2) is 10.4. The maximum absolute atomic E-state index is 12.4. The molecule has 0 atom stereocenters. The molecular formula is C25H29N3O3S. The molecule has 0 bridgehead atoms. The summed E-state index contributed by atoms with van der Waals surface area (Å²) in [5.74, 6) is -0.138. The molecule has 7 heteroatoms. The molecule has 0 saturated heterocycles. The fourth-order valence-electron chi connectivity index (χ4n) is 3.50. The number of carbonyl (C=O) groups excluding carboxylic acids is 1. The van der Waals surface area contributed by atoms with Crippen molar-refractivity contribution >= 4 is 27.3 Å².